The monoisotopic (exact) mass is 309 g/mol. The van der Waals surface area contributed by atoms with E-state index in [9.17, 15) is 14.0 Å². The van der Waals surface area contributed by atoms with E-state index in [4.69, 9.17) is 9.84 Å². The van der Waals surface area contributed by atoms with E-state index in [-0.39, 0.29) is 24.9 Å². The van der Waals surface area contributed by atoms with Gasteiger partial charge >= 0.3 is 5.97 Å². The van der Waals surface area contributed by atoms with Crippen molar-refractivity contribution in [3.8, 4) is 0 Å². The minimum Gasteiger partial charge on any atom is -0.481 e. The lowest BCUT2D eigenvalue weighted by atomic mass is 9.92. The van der Waals surface area contributed by atoms with Crippen molar-refractivity contribution in [1.29, 1.82) is 0 Å². The fraction of sp³-hybridized carbons (Fsp3) is 0.500. The lowest BCUT2D eigenvalue weighted by molar-refractivity contribution is -0.137. The number of halogens is 1. The Hall–Kier alpha value is -1.95. The Morgan fingerprint density at radius 1 is 1.41 bits per heavy atom. The predicted molar refractivity (Wildman–Crippen MR) is 78.0 cm³/mol. The Bertz CT molecular complexity index is 529. The summed E-state index contributed by atoms with van der Waals surface area (Å²) in [6.45, 7) is 1.15. The van der Waals surface area contributed by atoms with Crippen LogP contribution in [0.5, 0.6) is 0 Å². The molecule has 1 fully saturated rings. The standard InChI is InChI=1S/C16H20FNO4/c17-13-4-1-3-11(7-13)12(9-16(20)21)8-15(19)18-10-14-5-2-6-22-14/h1,3-4,7,12,14H,2,5-6,8-10H2,(H,18,19)(H,20,21). The van der Waals surface area contributed by atoms with Crippen LogP contribution in [0, 0.1) is 5.82 Å². The van der Waals surface area contributed by atoms with E-state index in [1.54, 1.807) is 6.07 Å². The maximum atomic E-state index is 13.3. The molecule has 22 heavy (non-hydrogen) atoms. The number of carbonyl (C=O) groups excluding carboxylic acids is 1. The van der Waals surface area contributed by atoms with Gasteiger partial charge in [-0.15, -0.1) is 0 Å². The first-order valence-electron chi connectivity index (χ1n) is 7.40. The van der Waals surface area contributed by atoms with Crippen LogP contribution in [0.2, 0.25) is 0 Å². The van der Waals surface area contributed by atoms with Crippen LogP contribution in [-0.2, 0) is 14.3 Å². The van der Waals surface area contributed by atoms with Gasteiger partial charge in [-0.3, -0.25) is 9.59 Å². The first kappa shape index (κ1) is 16.4. The van der Waals surface area contributed by atoms with E-state index in [1.807, 2.05) is 0 Å². The summed E-state index contributed by atoms with van der Waals surface area (Å²) in [5, 5.41) is 11.7. The van der Waals surface area contributed by atoms with Crippen molar-refractivity contribution in [2.75, 3.05) is 13.2 Å². The maximum Gasteiger partial charge on any atom is 0.303 e. The van der Waals surface area contributed by atoms with Crippen molar-refractivity contribution in [2.24, 2.45) is 0 Å². The van der Waals surface area contributed by atoms with Crippen molar-refractivity contribution in [2.45, 2.75) is 37.7 Å². The smallest absolute Gasteiger partial charge is 0.303 e. The topological polar surface area (TPSA) is 75.6 Å². The summed E-state index contributed by atoms with van der Waals surface area (Å²) in [5.41, 5.74) is 0.523. The van der Waals surface area contributed by atoms with Crippen LogP contribution in [0.1, 0.15) is 37.2 Å². The highest BCUT2D eigenvalue weighted by Gasteiger charge is 2.21. The van der Waals surface area contributed by atoms with Gasteiger partial charge in [0.15, 0.2) is 0 Å². The lowest BCUT2D eigenvalue weighted by Gasteiger charge is -2.16. The number of carboxylic acids is 1. The molecule has 1 saturated heterocycles. The number of ether oxygens (including phenoxy) is 1. The van der Waals surface area contributed by atoms with Crippen LogP contribution < -0.4 is 5.32 Å². The Labute approximate surface area is 128 Å². The third kappa shape index (κ3) is 5.11. The quantitative estimate of drug-likeness (QED) is 0.808. The summed E-state index contributed by atoms with van der Waals surface area (Å²) in [5.74, 6) is -2.24. The van der Waals surface area contributed by atoms with Gasteiger partial charge in [-0.25, -0.2) is 4.39 Å². The van der Waals surface area contributed by atoms with E-state index < -0.39 is 17.7 Å². The maximum absolute atomic E-state index is 13.3. The Kier molecular flexibility index (Phi) is 5.89. The van der Waals surface area contributed by atoms with E-state index >= 15 is 0 Å². The van der Waals surface area contributed by atoms with Gasteiger partial charge in [0.1, 0.15) is 5.82 Å². The number of amides is 1. The number of nitrogens with one attached hydrogen (secondary N) is 1. The Morgan fingerprint density at radius 3 is 2.86 bits per heavy atom. The SMILES string of the molecule is O=C(O)CC(CC(=O)NCC1CCCO1)c1cccc(F)c1. The molecular weight excluding hydrogens is 289 g/mol. The highest BCUT2D eigenvalue weighted by molar-refractivity contribution is 5.78. The van der Waals surface area contributed by atoms with Gasteiger partial charge in [0.05, 0.1) is 12.5 Å². The summed E-state index contributed by atoms with van der Waals surface area (Å²) < 4.78 is 18.7. The van der Waals surface area contributed by atoms with Crippen LogP contribution in [0.3, 0.4) is 0 Å². The molecule has 0 bridgehead atoms. The average molecular weight is 309 g/mol. The van der Waals surface area contributed by atoms with Gasteiger partial charge in [0, 0.05) is 25.5 Å². The van der Waals surface area contributed by atoms with Crippen LogP contribution in [-0.4, -0.2) is 36.2 Å². The third-order valence-electron chi connectivity index (χ3n) is 3.72. The highest BCUT2D eigenvalue weighted by atomic mass is 19.1. The molecule has 2 atom stereocenters. The van der Waals surface area contributed by atoms with Gasteiger partial charge in [-0.05, 0) is 30.5 Å². The fourth-order valence-electron chi connectivity index (χ4n) is 2.61. The molecule has 2 rings (SSSR count). The van der Waals surface area contributed by atoms with E-state index in [0.717, 1.165) is 12.8 Å². The number of rotatable bonds is 7. The molecule has 5 nitrogen and oxygen atoms in total. The van der Waals surface area contributed by atoms with E-state index in [0.29, 0.717) is 18.7 Å². The van der Waals surface area contributed by atoms with Crippen molar-refractivity contribution in [3.63, 3.8) is 0 Å². The molecule has 1 heterocycles. The van der Waals surface area contributed by atoms with E-state index in [2.05, 4.69) is 5.32 Å². The molecule has 1 aliphatic rings. The average Bonchev–Trinajstić information content (AvgIpc) is 2.97. The predicted octanol–water partition coefficient (Wildman–Crippen LogP) is 2.07. The minimum atomic E-state index is -1.01. The number of hydrogen-bond acceptors (Lipinski definition) is 3. The molecular formula is C16H20FNO4. The molecule has 1 aromatic carbocycles. The van der Waals surface area contributed by atoms with E-state index in [1.165, 1.54) is 18.2 Å². The van der Waals surface area contributed by atoms with Gasteiger partial charge in [-0.1, -0.05) is 12.1 Å². The molecule has 1 amide bonds. The van der Waals surface area contributed by atoms with Gasteiger partial charge in [0.25, 0.3) is 0 Å². The number of carboxylic acid groups (broad SMARTS) is 1. The molecule has 6 heteroatoms. The first-order chi connectivity index (χ1) is 10.5. The molecule has 2 N–H and O–H groups in total. The van der Waals surface area contributed by atoms with Crippen molar-refractivity contribution in [3.05, 3.63) is 35.6 Å². The third-order valence-corrected chi connectivity index (χ3v) is 3.72. The van der Waals surface area contributed by atoms with Crippen LogP contribution in [0.4, 0.5) is 4.39 Å². The number of carbonyl (C=O) groups is 2. The van der Waals surface area contributed by atoms with Gasteiger partial charge in [0.2, 0.25) is 5.91 Å². The van der Waals surface area contributed by atoms with Crippen molar-refractivity contribution < 1.29 is 23.8 Å². The van der Waals surface area contributed by atoms with Gasteiger partial charge < -0.3 is 15.2 Å². The fourth-order valence-corrected chi connectivity index (χ4v) is 2.61. The number of hydrogen-bond donors (Lipinski definition) is 2. The molecule has 0 aliphatic carbocycles. The molecule has 2 unspecified atom stereocenters. The number of benzene rings is 1. The Balaban J connectivity index is 1.93. The normalized spacial score (nSPS) is 18.9. The largest absolute Gasteiger partial charge is 0.481 e. The molecule has 0 saturated carbocycles. The lowest BCUT2D eigenvalue weighted by Crippen LogP contribution is -2.32. The molecule has 1 aliphatic heterocycles. The summed E-state index contributed by atoms with van der Waals surface area (Å²) in [7, 11) is 0. The molecule has 0 radical (unpaired) electrons. The highest BCUT2D eigenvalue weighted by Crippen LogP contribution is 2.24. The second-order valence-corrected chi connectivity index (χ2v) is 5.49. The van der Waals surface area contributed by atoms with Crippen molar-refractivity contribution in [1.82, 2.24) is 5.32 Å². The summed E-state index contributed by atoms with van der Waals surface area (Å²) in [6.07, 6.45) is 1.75. The summed E-state index contributed by atoms with van der Waals surface area (Å²) in [4.78, 5) is 23.0. The van der Waals surface area contributed by atoms with Crippen LogP contribution in [0.15, 0.2) is 24.3 Å². The number of aliphatic carboxylic acids is 1. The second kappa shape index (κ2) is 7.89. The zero-order chi connectivity index (χ0) is 15.9. The zero-order valence-corrected chi connectivity index (χ0v) is 12.3. The second-order valence-electron chi connectivity index (χ2n) is 5.49. The van der Waals surface area contributed by atoms with Crippen molar-refractivity contribution >= 4 is 11.9 Å². The Morgan fingerprint density at radius 2 is 2.23 bits per heavy atom. The van der Waals surface area contributed by atoms with Crippen LogP contribution in [0.25, 0.3) is 0 Å². The summed E-state index contributed by atoms with van der Waals surface area (Å²) >= 11 is 0. The molecule has 0 aromatic heterocycles. The summed E-state index contributed by atoms with van der Waals surface area (Å²) in [6, 6.07) is 5.73. The van der Waals surface area contributed by atoms with Gasteiger partial charge in [-0.2, -0.15) is 0 Å². The first-order valence-corrected chi connectivity index (χ1v) is 7.40. The molecule has 1 aromatic rings. The van der Waals surface area contributed by atoms with Crippen LogP contribution >= 0.6 is 0 Å². The zero-order valence-electron chi connectivity index (χ0n) is 12.3. The molecule has 120 valence electrons. The minimum absolute atomic E-state index is 0.0163. The molecule has 0 spiro atoms.